The number of benzene rings is 2. The van der Waals surface area contributed by atoms with Gasteiger partial charge in [-0.15, -0.1) is 0 Å². The van der Waals surface area contributed by atoms with E-state index in [1.807, 2.05) is 30.3 Å². The predicted octanol–water partition coefficient (Wildman–Crippen LogP) is 4.18. The Bertz CT molecular complexity index is 828. The van der Waals surface area contributed by atoms with Crippen LogP contribution in [0.3, 0.4) is 0 Å². The Kier molecular flexibility index (Phi) is 2.89. The summed E-state index contributed by atoms with van der Waals surface area (Å²) in [7, 11) is 0. The highest BCUT2D eigenvalue weighted by atomic mass is 79.9. The maximum atomic E-state index is 6.05. The Balaban J connectivity index is 1.73. The van der Waals surface area contributed by atoms with E-state index in [4.69, 9.17) is 9.72 Å². The molecule has 0 aliphatic carbocycles. The van der Waals surface area contributed by atoms with E-state index in [0.717, 1.165) is 38.3 Å². The number of hydrogen-bond donors (Lipinski definition) is 2. The molecule has 0 saturated carbocycles. The van der Waals surface area contributed by atoms with Crippen LogP contribution in [-0.4, -0.2) is 16.5 Å². The first-order valence-corrected chi connectivity index (χ1v) is 7.65. The molecule has 21 heavy (non-hydrogen) atoms. The number of hydrogen-bond acceptors (Lipinski definition) is 3. The average molecular weight is 344 g/mol. The highest BCUT2D eigenvalue weighted by molar-refractivity contribution is 9.10. The Labute approximate surface area is 130 Å². The van der Waals surface area contributed by atoms with Crippen molar-refractivity contribution in [3.8, 4) is 5.75 Å². The normalized spacial score (nSPS) is 17.1. The number of aromatic amines is 1. The van der Waals surface area contributed by atoms with Crippen molar-refractivity contribution >= 4 is 32.7 Å². The van der Waals surface area contributed by atoms with Gasteiger partial charge in [0.05, 0.1) is 23.3 Å². The van der Waals surface area contributed by atoms with E-state index in [0.29, 0.717) is 6.54 Å². The number of aryl methyl sites for hydroxylation is 1. The van der Waals surface area contributed by atoms with Crippen molar-refractivity contribution in [2.45, 2.75) is 13.0 Å². The van der Waals surface area contributed by atoms with Gasteiger partial charge in [-0.25, -0.2) is 4.98 Å². The first-order chi connectivity index (χ1) is 10.2. The summed E-state index contributed by atoms with van der Waals surface area (Å²) < 4.78 is 7.10. The minimum Gasteiger partial charge on any atom is -0.478 e. The molecule has 2 aromatic carbocycles. The Hall–Kier alpha value is -2.01. The highest BCUT2D eigenvalue weighted by Crippen LogP contribution is 2.34. The molecule has 1 unspecified atom stereocenters. The Morgan fingerprint density at radius 3 is 3.05 bits per heavy atom. The van der Waals surface area contributed by atoms with Crippen LogP contribution in [0.25, 0.3) is 11.0 Å². The zero-order valence-corrected chi connectivity index (χ0v) is 13.1. The number of aromatic nitrogens is 2. The molecule has 0 saturated heterocycles. The van der Waals surface area contributed by atoms with Crippen LogP contribution in [-0.2, 0) is 0 Å². The van der Waals surface area contributed by atoms with Crippen LogP contribution < -0.4 is 10.1 Å². The third kappa shape index (κ3) is 2.17. The number of ether oxygens (including phenoxy) is 1. The van der Waals surface area contributed by atoms with Gasteiger partial charge in [-0.3, -0.25) is 0 Å². The van der Waals surface area contributed by atoms with Crippen LogP contribution in [0.5, 0.6) is 5.75 Å². The number of anilines is 1. The quantitative estimate of drug-likeness (QED) is 0.696. The fourth-order valence-electron chi connectivity index (χ4n) is 2.68. The minimum atomic E-state index is -0.106. The second kappa shape index (κ2) is 4.77. The Morgan fingerprint density at radius 2 is 2.14 bits per heavy atom. The fraction of sp³-hybridized carbons (Fsp3) is 0.188. The van der Waals surface area contributed by atoms with Crippen molar-refractivity contribution < 1.29 is 4.74 Å². The molecule has 2 heterocycles. The molecule has 2 N–H and O–H groups in total. The fourth-order valence-corrected chi connectivity index (χ4v) is 3.26. The third-order valence-corrected chi connectivity index (χ3v) is 4.16. The van der Waals surface area contributed by atoms with Gasteiger partial charge in [-0.2, -0.15) is 0 Å². The molecule has 4 nitrogen and oxygen atoms in total. The summed E-state index contributed by atoms with van der Waals surface area (Å²) in [5.41, 5.74) is 4.20. The summed E-state index contributed by atoms with van der Waals surface area (Å²) in [5.74, 6) is 1.72. The number of para-hydroxylation sites is 2. The van der Waals surface area contributed by atoms with Crippen LogP contribution in [0.4, 0.5) is 5.69 Å². The maximum Gasteiger partial charge on any atom is 0.173 e. The van der Waals surface area contributed by atoms with E-state index in [-0.39, 0.29) is 6.10 Å². The van der Waals surface area contributed by atoms with Crippen LogP contribution in [0.1, 0.15) is 17.5 Å². The first kappa shape index (κ1) is 12.7. The largest absolute Gasteiger partial charge is 0.478 e. The summed E-state index contributed by atoms with van der Waals surface area (Å²) in [6.45, 7) is 2.77. The van der Waals surface area contributed by atoms with E-state index < -0.39 is 0 Å². The molecule has 106 valence electrons. The molecule has 4 rings (SSSR count). The second-order valence-electron chi connectivity index (χ2n) is 5.22. The lowest BCUT2D eigenvalue weighted by molar-refractivity contribution is 0.202. The van der Waals surface area contributed by atoms with Gasteiger partial charge in [0.1, 0.15) is 11.6 Å². The summed E-state index contributed by atoms with van der Waals surface area (Å²) in [4.78, 5) is 8.08. The Morgan fingerprint density at radius 1 is 1.29 bits per heavy atom. The molecule has 0 amide bonds. The smallest absolute Gasteiger partial charge is 0.173 e. The van der Waals surface area contributed by atoms with Crippen LogP contribution in [0.15, 0.2) is 40.9 Å². The van der Waals surface area contributed by atoms with Gasteiger partial charge in [0, 0.05) is 4.47 Å². The summed E-state index contributed by atoms with van der Waals surface area (Å²) >= 11 is 3.52. The van der Waals surface area contributed by atoms with Crippen LogP contribution in [0.2, 0.25) is 0 Å². The molecule has 0 bridgehead atoms. The molecule has 0 fully saturated rings. The van der Waals surface area contributed by atoms with E-state index in [1.54, 1.807) is 0 Å². The second-order valence-corrected chi connectivity index (χ2v) is 6.14. The molecular formula is C16H14BrN3O. The van der Waals surface area contributed by atoms with Gasteiger partial charge in [-0.1, -0.05) is 28.1 Å². The number of rotatable bonds is 1. The monoisotopic (exact) mass is 343 g/mol. The summed E-state index contributed by atoms with van der Waals surface area (Å²) in [6, 6.07) is 12.1. The lowest BCUT2D eigenvalue weighted by atomic mass is 10.2. The SMILES string of the molecule is Cc1cc(Br)cc2[nH]c(C3CNc4ccccc4O3)nc12. The molecule has 1 aromatic heterocycles. The van der Waals surface area contributed by atoms with Crippen molar-refractivity contribution in [1.82, 2.24) is 9.97 Å². The van der Waals surface area contributed by atoms with Crippen LogP contribution >= 0.6 is 15.9 Å². The average Bonchev–Trinajstić information content (AvgIpc) is 2.91. The minimum absolute atomic E-state index is 0.106. The highest BCUT2D eigenvalue weighted by Gasteiger charge is 2.23. The molecule has 5 heteroatoms. The predicted molar refractivity (Wildman–Crippen MR) is 86.8 cm³/mol. The topological polar surface area (TPSA) is 49.9 Å². The first-order valence-electron chi connectivity index (χ1n) is 6.86. The molecule has 1 atom stereocenters. The number of halogens is 1. The number of imidazole rings is 1. The van der Waals surface area contributed by atoms with Gasteiger partial charge in [0.25, 0.3) is 0 Å². The van der Waals surface area contributed by atoms with Crippen molar-refractivity contribution in [1.29, 1.82) is 0 Å². The van der Waals surface area contributed by atoms with Gasteiger partial charge in [-0.05, 0) is 36.8 Å². The molecule has 1 aliphatic heterocycles. The summed E-state index contributed by atoms with van der Waals surface area (Å²) in [6.07, 6.45) is -0.106. The van der Waals surface area contributed by atoms with E-state index in [1.165, 1.54) is 0 Å². The lowest BCUT2D eigenvalue weighted by Gasteiger charge is -2.25. The van der Waals surface area contributed by atoms with Crippen molar-refractivity contribution in [2.75, 3.05) is 11.9 Å². The maximum absolute atomic E-state index is 6.05. The number of nitrogens with one attached hydrogen (secondary N) is 2. The van der Waals surface area contributed by atoms with Crippen molar-refractivity contribution in [3.63, 3.8) is 0 Å². The van der Waals surface area contributed by atoms with Gasteiger partial charge < -0.3 is 15.0 Å². The van der Waals surface area contributed by atoms with E-state index in [9.17, 15) is 0 Å². The zero-order chi connectivity index (χ0) is 14.4. The molecule has 3 aromatic rings. The summed E-state index contributed by atoms with van der Waals surface area (Å²) in [5, 5.41) is 3.39. The number of H-pyrrole nitrogens is 1. The zero-order valence-electron chi connectivity index (χ0n) is 11.5. The van der Waals surface area contributed by atoms with Crippen molar-refractivity contribution in [2.24, 2.45) is 0 Å². The molecule has 0 radical (unpaired) electrons. The van der Waals surface area contributed by atoms with Crippen LogP contribution in [0, 0.1) is 6.92 Å². The standard InChI is InChI=1S/C16H14BrN3O/c1-9-6-10(17)7-12-15(9)20-16(19-12)14-8-18-11-4-2-3-5-13(11)21-14/h2-7,14,18H,8H2,1H3,(H,19,20). The van der Waals surface area contributed by atoms with Gasteiger partial charge >= 0.3 is 0 Å². The third-order valence-electron chi connectivity index (χ3n) is 3.70. The lowest BCUT2D eigenvalue weighted by Crippen LogP contribution is -2.24. The molecule has 0 spiro atoms. The number of fused-ring (bicyclic) bond motifs is 2. The van der Waals surface area contributed by atoms with Crippen molar-refractivity contribution in [3.05, 3.63) is 52.3 Å². The van der Waals surface area contributed by atoms with Gasteiger partial charge in [0.2, 0.25) is 0 Å². The van der Waals surface area contributed by atoms with Gasteiger partial charge in [0.15, 0.2) is 6.10 Å². The number of nitrogens with zero attached hydrogens (tertiary/aromatic N) is 1. The van der Waals surface area contributed by atoms with E-state index >= 15 is 0 Å². The molecule has 1 aliphatic rings. The molecular weight excluding hydrogens is 330 g/mol. The van der Waals surface area contributed by atoms with E-state index in [2.05, 4.69) is 39.2 Å².